The number of hydrogen-bond donors (Lipinski definition) is 3. The second-order valence-electron chi connectivity index (χ2n) is 4.23. The first-order valence-corrected chi connectivity index (χ1v) is 6.98. The molecule has 8 nitrogen and oxygen atoms in total. The molecule has 0 saturated carbocycles. The molecule has 1 fully saturated rings. The molecule has 110 valence electrons. The van der Waals surface area contributed by atoms with Crippen LogP contribution in [0.5, 0.6) is 0 Å². The third-order valence-corrected chi connectivity index (χ3v) is 3.77. The summed E-state index contributed by atoms with van der Waals surface area (Å²) >= 11 is 1.19. The topological polar surface area (TPSA) is 110 Å². The fourth-order valence-electron chi connectivity index (χ4n) is 1.78. The molecule has 1 aliphatic rings. The standard InChI is InChI=1S/C11H17N5O3S/c1-19-5-3-14-11-15-9(12)8(20-11)10(18)16-4-2-13-7(17)6-16/h2-6,12H2,1H3,(H,13,17)(H,14,15). The predicted molar refractivity (Wildman–Crippen MR) is 75.8 cm³/mol. The van der Waals surface area contributed by atoms with Crippen LogP contribution in [0, 0.1) is 0 Å². The van der Waals surface area contributed by atoms with E-state index in [0.29, 0.717) is 36.2 Å². The van der Waals surface area contributed by atoms with Gasteiger partial charge in [0.15, 0.2) is 5.13 Å². The Balaban J connectivity index is 2.03. The number of rotatable bonds is 5. The Morgan fingerprint density at radius 3 is 3.15 bits per heavy atom. The third-order valence-electron chi connectivity index (χ3n) is 2.76. The number of carbonyl (C=O) groups excluding carboxylic acids is 2. The molecule has 1 aromatic rings. The summed E-state index contributed by atoms with van der Waals surface area (Å²) in [5.74, 6) is -0.230. The smallest absolute Gasteiger partial charge is 0.268 e. The maximum Gasteiger partial charge on any atom is 0.268 e. The number of methoxy groups -OCH3 is 1. The van der Waals surface area contributed by atoms with Crippen molar-refractivity contribution in [1.29, 1.82) is 0 Å². The molecule has 2 amide bonds. The van der Waals surface area contributed by atoms with Gasteiger partial charge in [0.05, 0.1) is 13.2 Å². The number of thiazole rings is 1. The van der Waals surface area contributed by atoms with E-state index in [9.17, 15) is 9.59 Å². The number of nitrogens with one attached hydrogen (secondary N) is 2. The minimum atomic E-state index is -0.255. The molecule has 1 aliphatic heterocycles. The molecule has 0 bridgehead atoms. The molecule has 2 rings (SSSR count). The van der Waals surface area contributed by atoms with Gasteiger partial charge >= 0.3 is 0 Å². The van der Waals surface area contributed by atoms with Crippen molar-refractivity contribution in [2.45, 2.75) is 0 Å². The van der Waals surface area contributed by atoms with Crippen LogP contribution < -0.4 is 16.4 Å². The quantitative estimate of drug-likeness (QED) is 0.624. The van der Waals surface area contributed by atoms with Gasteiger partial charge in [-0.15, -0.1) is 0 Å². The highest BCUT2D eigenvalue weighted by molar-refractivity contribution is 7.18. The van der Waals surface area contributed by atoms with Crippen molar-refractivity contribution < 1.29 is 14.3 Å². The molecule has 0 spiro atoms. The average Bonchev–Trinajstić information content (AvgIpc) is 2.79. The summed E-state index contributed by atoms with van der Waals surface area (Å²) in [4.78, 5) is 29.5. The van der Waals surface area contributed by atoms with Gasteiger partial charge in [-0.05, 0) is 0 Å². The monoisotopic (exact) mass is 299 g/mol. The number of carbonyl (C=O) groups is 2. The third kappa shape index (κ3) is 3.36. The van der Waals surface area contributed by atoms with Crippen molar-refractivity contribution in [1.82, 2.24) is 15.2 Å². The summed E-state index contributed by atoms with van der Waals surface area (Å²) in [6, 6.07) is 0. The second kappa shape index (κ2) is 6.53. The lowest BCUT2D eigenvalue weighted by molar-refractivity contribution is -0.123. The Bertz CT molecular complexity index is 504. The Morgan fingerprint density at radius 1 is 1.65 bits per heavy atom. The molecule has 20 heavy (non-hydrogen) atoms. The van der Waals surface area contributed by atoms with Crippen LogP contribution in [-0.4, -0.2) is 61.6 Å². The highest BCUT2D eigenvalue weighted by Gasteiger charge is 2.26. The molecule has 1 saturated heterocycles. The number of aromatic nitrogens is 1. The van der Waals surface area contributed by atoms with E-state index in [1.54, 1.807) is 7.11 Å². The zero-order chi connectivity index (χ0) is 14.5. The first-order valence-electron chi connectivity index (χ1n) is 6.17. The number of piperazine rings is 1. The van der Waals surface area contributed by atoms with E-state index < -0.39 is 0 Å². The summed E-state index contributed by atoms with van der Waals surface area (Å²) in [5, 5.41) is 6.27. The minimum Gasteiger partial charge on any atom is -0.383 e. The van der Waals surface area contributed by atoms with Gasteiger partial charge < -0.3 is 26.0 Å². The fraction of sp³-hybridized carbons (Fsp3) is 0.545. The van der Waals surface area contributed by atoms with E-state index in [-0.39, 0.29) is 24.2 Å². The first-order chi connectivity index (χ1) is 9.61. The molecule has 0 aromatic carbocycles. The van der Waals surface area contributed by atoms with E-state index in [1.165, 1.54) is 16.2 Å². The number of hydrogen-bond acceptors (Lipinski definition) is 7. The Morgan fingerprint density at radius 2 is 2.45 bits per heavy atom. The number of nitrogens with zero attached hydrogens (tertiary/aromatic N) is 2. The van der Waals surface area contributed by atoms with Crippen molar-refractivity contribution >= 4 is 34.1 Å². The van der Waals surface area contributed by atoms with Crippen LogP contribution >= 0.6 is 11.3 Å². The van der Waals surface area contributed by atoms with Crippen LogP contribution in [0.15, 0.2) is 0 Å². The predicted octanol–water partition coefficient (Wildman–Crippen LogP) is -0.644. The summed E-state index contributed by atoms with van der Waals surface area (Å²) in [7, 11) is 1.61. The zero-order valence-corrected chi connectivity index (χ0v) is 12.0. The molecule has 1 aromatic heterocycles. The molecule has 0 aliphatic carbocycles. The lowest BCUT2D eigenvalue weighted by Gasteiger charge is -2.26. The highest BCUT2D eigenvalue weighted by Crippen LogP contribution is 2.26. The van der Waals surface area contributed by atoms with Crippen LogP contribution in [-0.2, 0) is 9.53 Å². The molecule has 0 radical (unpaired) electrons. The maximum atomic E-state index is 12.3. The van der Waals surface area contributed by atoms with Gasteiger partial charge in [0.2, 0.25) is 5.91 Å². The molecule has 2 heterocycles. The van der Waals surface area contributed by atoms with Gasteiger partial charge in [-0.25, -0.2) is 4.98 Å². The second-order valence-corrected chi connectivity index (χ2v) is 5.23. The van der Waals surface area contributed by atoms with Crippen LogP contribution in [0.25, 0.3) is 0 Å². The van der Waals surface area contributed by atoms with Crippen molar-refractivity contribution in [2.24, 2.45) is 0 Å². The average molecular weight is 299 g/mol. The number of nitrogen functional groups attached to an aromatic ring is 1. The van der Waals surface area contributed by atoms with Gasteiger partial charge in [0.25, 0.3) is 5.91 Å². The van der Waals surface area contributed by atoms with Gasteiger partial charge in [-0.2, -0.15) is 0 Å². The highest BCUT2D eigenvalue weighted by atomic mass is 32.1. The van der Waals surface area contributed by atoms with Crippen molar-refractivity contribution in [3.05, 3.63) is 4.88 Å². The maximum absolute atomic E-state index is 12.3. The van der Waals surface area contributed by atoms with Crippen molar-refractivity contribution in [3.63, 3.8) is 0 Å². The van der Waals surface area contributed by atoms with Crippen molar-refractivity contribution in [2.75, 3.05) is 50.9 Å². The normalized spacial score (nSPS) is 15.1. The Kier molecular flexibility index (Phi) is 4.74. The number of anilines is 2. The fourth-order valence-corrected chi connectivity index (χ4v) is 2.65. The molecular formula is C11H17N5O3S. The number of nitrogens with two attached hydrogens (primary N) is 1. The number of amides is 2. The van der Waals surface area contributed by atoms with Crippen LogP contribution in [0.3, 0.4) is 0 Å². The van der Waals surface area contributed by atoms with Gasteiger partial charge in [-0.1, -0.05) is 11.3 Å². The van der Waals surface area contributed by atoms with Gasteiger partial charge in [0.1, 0.15) is 10.7 Å². The largest absolute Gasteiger partial charge is 0.383 e. The summed E-state index contributed by atoms with van der Waals surface area (Å²) < 4.78 is 4.92. The van der Waals surface area contributed by atoms with E-state index in [2.05, 4.69) is 15.6 Å². The number of ether oxygens (including phenoxy) is 1. The molecule has 4 N–H and O–H groups in total. The van der Waals surface area contributed by atoms with Crippen LogP contribution in [0.1, 0.15) is 9.67 Å². The minimum absolute atomic E-state index is 0.0581. The molecule has 9 heteroatoms. The van der Waals surface area contributed by atoms with E-state index in [4.69, 9.17) is 10.5 Å². The molecule has 0 unspecified atom stereocenters. The van der Waals surface area contributed by atoms with Crippen LogP contribution in [0.2, 0.25) is 0 Å². The molecular weight excluding hydrogens is 282 g/mol. The SMILES string of the molecule is COCCNc1nc(N)c(C(=O)N2CCNC(=O)C2)s1. The summed E-state index contributed by atoms with van der Waals surface area (Å²) in [6.07, 6.45) is 0. The van der Waals surface area contributed by atoms with E-state index in [1.807, 2.05) is 0 Å². The molecule has 0 atom stereocenters. The van der Waals surface area contributed by atoms with Crippen LogP contribution in [0.4, 0.5) is 10.9 Å². The van der Waals surface area contributed by atoms with Crippen molar-refractivity contribution in [3.8, 4) is 0 Å². The van der Waals surface area contributed by atoms with E-state index in [0.717, 1.165) is 0 Å². The zero-order valence-electron chi connectivity index (χ0n) is 11.1. The summed E-state index contributed by atoms with van der Waals surface area (Å²) in [5.41, 5.74) is 5.77. The Hall–Kier alpha value is -1.87. The lowest BCUT2D eigenvalue weighted by Crippen LogP contribution is -2.49. The Labute approximate surface area is 120 Å². The van der Waals surface area contributed by atoms with Gasteiger partial charge in [-0.3, -0.25) is 9.59 Å². The van der Waals surface area contributed by atoms with Gasteiger partial charge in [0, 0.05) is 26.7 Å². The van der Waals surface area contributed by atoms with E-state index >= 15 is 0 Å². The first kappa shape index (κ1) is 14.5. The summed E-state index contributed by atoms with van der Waals surface area (Å²) in [6.45, 7) is 2.12. The lowest BCUT2D eigenvalue weighted by atomic mass is 10.3.